The molecule has 5 nitrogen and oxygen atoms in total. The van der Waals surface area contributed by atoms with Crippen molar-refractivity contribution >= 4 is 17.5 Å². The number of benzene rings is 2. The van der Waals surface area contributed by atoms with Crippen molar-refractivity contribution in [1.82, 2.24) is 4.90 Å². The lowest BCUT2D eigenvalue weighted by atomic mass is 10.1. The molecule has 0 saturated carbocycles. The van der Waals surface area contributed by atoms with Gasteiger partial charge < -0.3 is 19.1 Å². The zero-order chi connectivity index (χ0) is 18.2. The maximum atomic E-state index is 12.6. The third-order valence-electron chi connectivity index (χ3n) is 3.55. The summed E-state index contributed by atoms with van der Waals surface area (Å²) in [6, 6.07) is 12.7. The van der Waals surface area contributed by atoms with Crippen LogP contribution in [0.25, 0.3) is 0 Å². The molecule has 0 aliphatic heterocycles. The van der Waals surface area contributed by atoms with Crippen molar-refractivity contribution in [2.24, 2.45) is 0 Å². The Bertz CT molecular complexity index is 706. The van der Waals surface area contributed by atoms with Gasteiger partial charge in [-0.1, -0.05) is 29.8 Å². The first kappa shape index (κ1) is 18.9. The molecule has 0 aromatic heterocycles. The van der Waals surface area contributed by atoms with Gasteiger partial charge in [0, 0.05) is 12.6 Å². The molecule has 1 amide bonds. The second-order valence-electron chi connectivity index (χ2n) is 5.31. The number of ether oxygens (including phenoxy) is 3. The van der Waals surface area contributed by atoms with Crippen LogP contribution < -0.4 is 14.2 Å². The SMILES string of the molecule is CCOc1c(Cl)cc(C(=O)N(C)CCOc2ccccc2)cc1OC. The van der Waals surface area contributed by atoms with Crippen molar-refractivity contribution in [3.05, 3.63) is 53.1 Å². The summed E-state index contributed by atoms with van der Waals surface area (Å²) in [6.07, 6.45) is 0. The number of hydrogen-bond acceptors (Lipinski definition) is 4. The molecule has 0 bridgehead atoms. The van der Waals surface area contributed by atoms with E-state index in [9.17, 15) is 4.79 Å². The van der Waals surface area contributed by atoms with Crippen LogP contribution >= 0.6 is 11.6 Å². The van der Waals surface area contributed by atoms with Crippen molar-refractivity contribution in [2.45, 2.75) is 6.92 Å². The van der Waals surface area contributed by atoms with E-state index in [1.165, 1.54) is 7.11 Å². The smallest absolute Gasteiger partial charge is 0.253 e. The van der Waals surface area contributed by atoms with Crippen LogP contribution in [0.5, 0.6) is 17.2 Å². The van der Waals surface area contributed by atoms with E-state index < -0.39 is 0 Å². The van der Waals surface area contributed by atoms with Gasteiger partial charge in [-0.05, 0) is 31.2 Å². The van der Waals surface area contributed by atoms with E-state index in [-0.39, 0.29) is 5.91 Å². The summed E-state index contributed by atoms with van der Waals surface area (Å²) in [4.78, 5) is 14.2. The Balaban J connectivity index is 2.02. The fourth-order valence-corrected chi connectivity index (χ4v) is 2.53. The molecule has 134 valence electrons. The van der Waals surface area contributed by atoms with Gasteiger partial charge in [0.05, 0.1) is 25.3 Å². The van der Waals surface area contributed by atoms with Gasteiger partial charge in [-0.15, -0.1) is 0 Å². The summed E-state index contributed by atoms with van der Waals surface area (Å²) in [6.45, 7) is 3.16. The van der Waals surface area contributed by atoms with Gasteiger partial charge in [-0.2, -0.15) is 0 Å². The first-order chi connectivity index (χ1) is 12.1. The monoisotopic (exact) mass is 363 g/mol. The lowest BCUT2D eigenvalue weighted by Crippen LogP contribution is -2.30. The van der Waals surface area contributed by atoms with Crippen molar-refractivity contribution < 1.29 is 19.0 Å². The first-order valence-electron chi connectivity index (χ1n) is 8.00. The summed E-state index contributed by atoms with van der Waals surface area (Å²) in [7, 11) is 3.23. The second-order valence-corrected chi connectivity index (χ2v) is 5.72. The fraction of sp³-hybridized carbons (Fsp3) is 0.316. The van der Waals surface area contributed by atoms with Gasteiger partial charge in [-0.3, -0.25) is 4.79 Å². The molecule has 0 spiro atoms. The molecule has 0 heterocycles. The minimum atomic E-state index is -0.167. The summed E-state index contributed by atoms with van der Waals surface area (Å²) in [5.41, 5.74) is 0.438. The number of carbonyl (C=O) groups is 1. The Labute approximate surface area is 153 Å². The number of halogens is 1. The number of nitrogens with zero attached hydrogens (tertiary/aromatic N) is 1. The van der Waals surface area contributed by atoms with Crippen LogP contribution in [0, 0.1) is 0 Å². The average molecular weight is 364 g/mol. The van der Waals surface area contributed by atoms with Crippen molar-refractivity contribution in [3.8, 4) is 17.2 Å². The Morgan fingerprint density at radius 3 is 2.52 bits per heavy atom. The molecule has 0 unspecified atom stereocenters. The quantitative estimate of drug-likeness (QED) is 0.713. The summed E-state index contributed by atoms with van der Waals surface area (Å²) >= 11 is 6.22. The molecule has 0 N–H and O–H groups in total. The van der Waals surface area contributed by atoms with E-state index in [0.29, 0.717) is 41.8 Å². The van der Waals surface area contributed by atoms with Crippen LogP contribution in [0.4, 0.5) is 0 Å². The molecule has 6 heteroatoms. The molecule has 2 rings (SSSR count). The van der Waals surface area contributed by atoms with Crippen molar-refractivity contribution in [2.75, 3.05) is 33.9 Å². The van der Waals surface area contributed by atoms with Crippen LogP contribution in [0.2, 0.25) is 5.02 Å². The Morgan fingerprint density at radius 2 is 1.88 bits per heavy atom. The Hall–Kier alpha value is -2.40. The maximum Gasteiger partial charge on any atom is 0.253 e. The topological polar surface area (TPSA) is 48.0 Å². The largest absolute Gasteiger partial charge is 0.493 e. The second kappa shape index (κ2) is 9.18. The van der Waals surface area contributed by atoms with E-state index in [0.717, 1.165) is 5.75 Å². The Kier molecular flexibility index (Phi) is 6.95. The van der Waals surface area contributed by atoms with Gasteiger partial charge in [0.1, 0.15) is 12.4 Å². The van der Waals surface area contributed by atoms with Crippen LogP contribution in [0.15, 0.2) is 42.5 Å². The number of hydrogen-bond donors (Lipinski definition) is 0. The highest BCUT2D eigenvalue weighted by molar-refractivity contribution is 6.32. The lowest BCUT2D eigenvalue weighted by Gasteiger charge is -2.19. The summed E-state index contributed by atoms with van der Waals surface area (Å²) in [5, 5.41) is 0.346. The van der Waals surface area contributed by atoms with Crippen LogP contribution in [-0.4, -0.2) is 44.7 Å². The summed E-state index contributed by atoms with van der Waals surface area (Å²) < 4.78 is 16.4. The van der Waals surface area contributed by atoms with Gasteiger partial charge in [0.2, 0.25) is 0 Å². The highest BCUT2D eigenvalue weighted by atomic mass is 35.5. The van der Waals surface area contributed by atoms with E-state index >= 15 is 0 Å². The molecule has 0 fully saturated rings. The van der Waals surface area contributed by atoms with Crippen LogP contribution in [0.3, 0.4) is 0 Å². The molecule has 0 aliphatic carbocycles. The molecular formula is C19H22ClNO4. The normalized spacial score (nSPS) is 10.2. The third-order valence-corrected chi connectivity index (χ3v) is 3.83. The van der Waals surface area contributed by atoms with Gasteiger partial charge in [0.15, 0.2) is 11.5 Å². The molecule has 2 aromatic rings. The molecular weight excluding hydrogens is 342 g/mol. The third kappa shape index (κ3) is 5.03. The molecule has 0 radical (unpaired) electrons. The number of likely N-dealkylation sites (N-methyl/N-ethyl adjacent to an activating group) is 1. The molecule has 0 atom stereocenters. The molecule has 2 aromatic carbocycles. The predicted octanol–water partition coefficient (Wildman–Crippen LogP) is 3.90. The molecule has 0 saturated heterocycles. The van der Waals surface area contributed by atoms with Crippen molar-refractivity contribution in [3.63, 3.8) is 0 Å². The fourth-order valence-electron chi connectivity index (χ4n) is 2.27. The highest BCUT2D eigenvalue weighted by Crippen LogP contribution is 2.36. The van der Waals surface area contributed by atoms with E-state index in [1.807, 2.05) is 37.3 Å². The van der Waals surface area contributed by atoms with Crippen LogP contribution in [0.1, 0.15) is 17.3 Å². The summed E-state index contributed by atoms with van der Waals surface area (Å²) in [5.74, 6) is 1.49. The number of para-hydroxylation sites is 1. The van der Waals surface area contributed by atoms with Gasteiger partial charge in [-0.25, -0.2) is 0 Å². The van der Waals surface area contributed by atoms with Gasteiger partial charge >= 0.3 is 0 Å². The van der Waals surface area contributed by atoms with Crippen molar-refractivity contribution in [1.29, 1.82) is 0 Å². The predicted molar refractivity (Wildman–Crippen MR) is 98.1 cm³/mol. The maximum absolute atomic E-state index is 12.6. The average Bonchev–Trinajstić information content (AvgIpc) is 2.63. The standard InChI is InChI=1S/C19H22ClNO4/c1-4-24-18-16(20)12-14(13-17(18)23-3)19(22)21(2)10-11-25-15-8-6-5-7-9-15/h5-9,12-13H,4,10-11H2,1-3H3. The minimum Gasteiger partial charge on any atom is -0.493 e. The molecule has 0 aliphatic rings. The Morgan fingerprint density at radius 1 is 1.16 bits per heavy atom. The number of carbonyl (C=O) groups excluding carboxylic acids is 1. The van der Waals surface area contributed by atoms with E-state index in [4.69, 9.17) is 25.8 Å². The number of methoxy groups -OCH3 is 1. The van der Waals surface area contributed by atoms with Gasteiger partial charge in [0.25, 0.3) is 5.91 Å². The van der Waals surface area contributed by atoms with E-state index in [1.54, 1.807) is 24.1 Å². The van der Waals surface area contributed by atoms with Crippen LogP contribution in [-0.2, 0) is 0 Å². The zero-order valence-corrected chi connectivity index (χ0v) is 15.4. The lowest BCUT2D eigenvalue weighted by molar-refractivity contribution is 0.0773. The highest BCUT2D eigenvalue weighted by Gasteiger charge is 2.18. The minimum absolute atomic E-state index is 0.167. The first-order valence-corrected chi connectivity index (χ1v) is 8.38. The number of rotatable bonds is 8. The number of amides is 1. The molecule has 25 heavy (non-hydrogen) atoms. The zero-order valence-electron chi connectivity index (χ0n) is 14.6. The van der Waals surface area contributed by atoms with E-state index in [2.05, 4.69) is 0 Å².